The summed E-state index contributed by atoms with van der Waals surface area (Å²) in [6, 6.07) is 0.980. The summed E-state index contributed by atoms with van der Waals surface area (Å²) in [7, 11) is 0. The van der Waals surface area contributed by atoms with E-state index in [2.05, 4.69) is 22.0 Å². The van der Waals surface area contributed by atoms with Crippen molar-refractivity contribution in [3.63, 3.8) is 0 Å². The minimum Gasteiger partial charge on any atom is -0.406 e. The Bertz CT molecular complexity index is 350. The zero-order chi connectivity index (χ0) is 12.3. The van der Waals surface area contributed by atoms with Gasteiger partial charge < -0.3 is 15.1 Å². The minimum absolute atomic E-state index is 0.191. The van der Waals surface area contributed by atoms with Crippen LogP contribution in [0.1, 0.15) is 57.9 Å². The van der Waals surface area contributed by atoms with Crippen molar-refractivity contribution in [1.29, 1.82) is 0 Å². The van der Waals surface area contributed by atoms with Crippen molar-refractivity contribution >= 4 is 6.01 Å². The summed E-state index contributed by atoms with van der Waals surface area (Å²) in [5.74, 6) is 0.527. The van der Waals surface area contributed by atoms with Crippen LogP contribution in [0.15, 0.2) is 4.42 Å². The molecule has 1 aliphatic heterocycles. The van der Waals surface area contributed by atoms with Gasteiger partial charge in [0.25, 0.3) is 0 Å². The van der Waals surface area contributed by atoms with Gasteiger partial charge >= 0.3 is 6.01 Å². The third-order valence-electron chi connectivity index (χ3n) is 3.41. The molecule has 0 aliphatic carbocycles. The Labute approximate surface area is 102 Å². The minimum atomic E-state index is -0.191. The van der Waals surface area contributed by atoms with E-state index in [0.29, 0.717) is 17.9 Å². The van der Waals surface area contributed by atoms with Gasteiger partial charge in [-0.15, -0.1) is 5.10 Å². The number of aromatic nitrogens is 2. The predicted octanol–water partition coefficient (Wildman–Crippen LogP) is 2.25. The molecule has 1 aliphatic rings. The van der Waals surface area contributed by atoms with Gasteiger partial charge in [-0.2, -0.15) is 0 Å². The van der Waals surface area contributed by atoms with Crippen LogP contribution in [0.25, 0.3) is 0 Å². The molecule has 0 bridgehead atoms. The van der Waals surface area contributed by atoms with Crippen LogP contribution in [0.5, 0.6) is 0 Å². The molecule has 5 nitrogen and oxygen atoms in total. The Balaban J connectivity index is 2.16. The molecule has 2 N–H and O–H groups in total. The van der Waals surface area contributed by atoms with E-state index in [1.807, 2.05) is 6.92 Å². The quantitative estimate of drug-likeness (QED) is 0.874. The molecular weight excluding hydrogens is 216 g/mol. The van der Waals surface area contributed by atoms with Gasteiger partial charge in [-0.25, -0.2) is 0 Å². The first-order valence-corrected chi connectivity index (χ1v) is 6.58. The standard InChI is InChI=1S/C12H22N4O/c1-3-10-7-5-4-6-8-16(10)12-15-14-11(17-12)9(2)13/h9-10H,3-8,13H2,1-2H3. The summed E-state index contributed by atoms with van der Waals surface area (Å²) in [5.41, 5.74) is 5.74. The molecule has 17 heavy (non-hydrogen) atoms. The summed E-state index contributed by atoms with van der Waals surface area (Å²) in [6.45, 7) is 5.09. The normalized spacial score (nSPS) is 23.5. The Morgan fingerprint density at radius 3 is 2.88 bits per heavy atom. The molecule has 2 unspecified atom stereocenters. The monoisotopic (exact) mass is 238 g/mol. The van der Waals surface area contributed by atoms with Gasteiger partial charge in [-0.3, -0.25) is 0 Å². The lowest BCUT2D eigenvalue weighted by atomic mass is 10.1. The first-order valence-electron chi connectivity index (χ1n) is 6.58. The van der Waals surface area contributed by atoms with Crippen LogP contribution in [0.2, 0.25) is 0 Å². The summed E-state index contributed by atoms with van der Waals surface area (Å²) in [5, 5.41) is 8.14. The van der Waals surface area contributed by atoms with E-state index in [9.17, 15) is 0 Å². The maximum absolute atomic E-state index is 5.74. The summed E-state index contributed by atoms with van der Waals surface area (Å²) in [4.78, 5) is 2.26. The molecule has 1 fully saturated rings. The summed E-state index contributed by atoms with van der Waals surface area (Å²) < 4.78 is 5.65. The van der Waals surface area contributed by atoms with Gasteiger partial charge in [0.2, 0.25) is 5.89 Å². The van der Waals surface area contributed by atoms with Gasteiger partial charge in [0, 0.05) is 12.6 Å². The lowest BCUT2D eigenvalue weighted by Gasteiger charge is -2.26. The highest BCUT2D eigenvalue weighted by molar-refractivity contribution is 5.27. The molecule has 0 spiro atoms. The van der Waals surface area contributed by atoms with E-state index < -0.39 is 0 Å². The zero-order valence-corrected chi connectivity index (χ0v) is 10.7. The Kier molecular flexibility index (Phi) is 3.99. The van der Waals surface area contributed by atoms with Crippen LogP contribution in [0, 0.1) is 0 Å². The van der Waals surface area contributed by atoms with E-state index in [1.54, 1.807) is 0 Å². The molecule has 1 saturated heterocycles. The molecule has 2 rings (SSSR count). The van der Waals surface area contributed by atoms with Crippen molar-refractivity contribution < 1.29 is 4.42 Å². The van der Waals surface area contributed by atoms with Crippen molar-refractivity contribution in [2.24, 2.45) is 5.73 Å². The fourth-order valence-electron chi connectivity index (χ4n) is 2.38. The van der Waals surface area contributed by atoms with Crippen LogP contribution in [-0.2, 0) is 0 Å². The second kappa shape index (κ2) is 5.49. The number of nitrogens with zero attached hydrogens (tertiary/aromatic N) is 3. The lowest BCUT2D eigenvalue weighted by Crippen LogP contribution is -2.34. The van der Waals surface area contributed by atoms with E-state index in [4.69, 9.17) is 10.2 Å². The Morgan fingerprint density at radius 2 is 2.24 bits per heavy atom. The van der Waals surface area contributed by atoms with Crippen LogP contribution < -0.4 is 10.6 Å². The predicted molar refractivity (Wildman–Crippen MR) is 66.8 cm³/mol. The lowest BCUT2D eigenvalue weighted by molar-refractivity contribution is 0.435. The third-order valence-corrected chi connectivity index (χ3v) is 3.41. The fraction of sp³-hybridized carbons (Fsp3) is 0.833. The first-order chi connectivity index (χ1) is 8.22. The maximum atomic E-state index is 5.74. The Hall–Kier alpha value is -1.10. The van der Waals surface area contributed by atoms with Crippen LogP contribution in [0.4, 0.5) is 6.01 Å². The van der Waals surface area contributed by atoms with E-state index >= 15 is 0 Å². The highest BCUT2D eigenvalue weighted by atomic mass is 16.4. The molecule has 0 amide bonds. The van der Waals surface area contributed by atoms with E-state index in [0.717, 1.165) is 13.0 Å². The largest absolute Gasteiger partial charge is 0.406 e. The number of nitrogens with two attached hydrogens (primary N) is 1. The van der Waals surface area contributed by atoms with Gasteiger partial charge in [0.05, 0.1) is 6.04 Å². The van der Waals surface area contributed by atoms with E-state index in [1.165, 1.54) is 25.7 Å². The van der Waals surface area contributed by atoms with Crippen molar-refractivity contribution in [2.75, 3.05) is 11.4 Å². The highest BCUT2D eigenvalue weighted by Gasteiger charge is 2.24. The summed E-state index contributed by atoms with van der Waals surface area (Å²) in [6.07, 6.45) is 6.12. The molecule has 0 aromatic carbocycles. The van der Waals surface area contributed by atoms with Crippen LogP contribution >= 0.6 is 0 Å². The topological polar surface area (TPSA) is 68.2 Å². The van der Waals surface area contributed by atoms with Gasteiger partial charge in [-0.05, 0) is 26.2 Å². The molecule has 1 aromatic rings. The fourth-order valence-corrected chi connectivity index (χ4v) is 2.38. The smallest absolute Gasteiger partial charge is 0.318 e. The molecule has 96 valence electrons. The zero-order valence-electron chi connectivity index (χ0n) is 10.7. The number of anilines is 1. The number of hydrogen-bond acceptors (Lipinski definition) is 5. The SMILES string of the molecule is CCC1CCCCCN1c1nnc(C(C)N)o1. The molecule has 2 atom stereocenters. The molecule has 2 heterocycles. The van der Waals surface area contributed by atoms with Gasteiger partial charge in [0.15, 0.2) is 0 Å². The average molecular weight is 238 g/mol. The van der Waals surface area contributed by atoms with Gasteiger partial charge in [-0.1, -0.05) is 24.9 Å². The highest BCUT2D eigenvalue weighted by Crippen LogP contribution is 2.25. The van der Waals surface area contributed by atoms with Gasteiger partial charge in [0.1, 0.15) is 0 Å². The summed E-state index contributed by atoms with van der Waals surface area (Å²) >= 11 is 0. The first kappa shape index (κ1) is 12.4. The number of hydrogen-bond donors (Lipinski definition) is 1. The average Bonchev–Trinajstić information content (AvgIpc) is 2.68. The molecule has 5 heteroatoms. The Morgan fingerprint density at radius 1 is 1.41 bits per heavy atom. The number of rotatable bonds is 3. The van der Waals surface area contributed by atoms with Crippen LogP contribution in [0.3, 0.4) is 0 Å². The van der Waals surface area contributed by atoms with Crippen LogP contribution in [-0.4, -0.2) is 22.8 Å². The van der Waals surface area contributed by atoms with Crippen molar-refractivity contribution in [3.05, 3.63) is 5.89 Å². The second-order valence-electron chi connectivity index (χ2n) is 4.82. The molecular formula is C12H22N4O. The van der Waals surface area contributed by atoms with Crippen molar-refractivity contribution in [1.82, 2.24) is 10.2 Å². The molecule has 1 aromatic heterocycles. The second-order valence-corrected chi connectivity index (χ2v) is 4.82. The van der Waals surface area contributed by atoms with E-state index in [-0.39, 0.29) is 6.04 Å². The van der Waals surface area contributed by atoms with Crippen molar-refractivity contribution in [3.8, 4) is 0 Å². The maximum Gasteiger partial charge on any atom is 0.318 e. The van der Waals surface area contributed by atoms with Crippen molar-refractivity contribution in [2.45, 2.75) is 58.0 Å². The third kappa shape index (κ3) is 2.77. The molecule has 0 radical (unpaired) electrons. The molecule has 0 saturated carbocycles.